The van der Waals surface area contributed by atoms with Crippen LogP contribution < -0.4 is 20.7 Å². The maximum atomic E-state index is 11.7. The van der Waals surface area contributed by atoms with Crippen LogP contribution in [0.4, 0.5) is 10.5 Å². The van der Waals surface area contributed by atoms with E-state index in [1.54, 1.807) is 25.3 Å². The van der Waals surface area contributed by atoms with E-state index in [-0.39, 0.29) is 17.9 Å². The Bertz CT molecular complexity index is 461. The van der Waals surface area contributed by atoms with Crippen molar-refractivity contribution in [2.24, 2.45) is 5.92 Å². The predicted molar refractivity (Wildman–Crippen MR) is 77.9 cm³/mol. The molecule has 20 heavy (non-hydrogen) atoms. The fourth-order valence-electron chi connectivity index (χ4n) is 1.48. The molecular weight excluding hydrogens is 258 g/mol. The second kappa shape index (κ2) is 8.04. The summed E-state index contributed by atoms with van der Waals surface area (Å²) in [4.78, 5) is 23.0. The third kappa shape index (κ3) is 5.17. The highest BCUT2D eigenvalue weighted by atomic mass is 16.5. The van der Waals surface area contributed by atoms with Crippen molar-refractivity contribution in [3.05, 3.63) is 24.3 Å². The molecule has 0 aliphatic rings. The molecule has 1 aromatic carbocycles. The van der Waals surface area contributed by atoms with Gasteiger partial charge in [0.2, 0.25) is 5.91 Å². The van der Waals surface area contributed by atoms with Crippen molar-refractivity contribution >= 4 is 17.6 Å². The standard InChI is InChI=1S/C14H21N3O3/c1-10(2)13(18)15-8-9-16-14(19)17-11-6-4-5-7-12(11)20-3/h4-7,10H,8-9H2,1-3H3,(H,15,18)(H2,16,17,19). The van der Waals surface area contributed by atoms with Crippen molar-refractivity contribution in [1.82, 2.24) is 10.6 Å². The summed E-state index contributed by atoms with van der Waals surface area (Å²) in [5.41, 5.74) is 0.596. The molecule has 0 unspecified atom stereocenters. The first-order valence-electron chi connectivity index (χ1n) is 6.50. The zero-order chi connectivity index (χ0) is 15.0. The molecule has 0 saturated carbocycles. The molecule has 0 saturated heterocycles. The smallest absolute Gasteiger partial charge is 0.319 e. The predicted octanol–water partition coefficient (Wildman–Crippen LogP) is 1.59. The molecule has 0 aliphatic heterocycles. The Balaban J connectivity index is 2.32. The van der Waals surface area contributed by atoms with E-state index >= 15 is 0 Å². The van der Waals surface area contributed by atoms with E-state index < -0.39 is 0 Å². The molecule has 0 heterocycles. The number of carbonyl (C=O) groups is 2. The lowest BCUT2D eigenvalue weighted by molar-refractivity contribution is -0.123. The van der Waals surface area contributed by atoms with Crippen molar-refractivity contribution in [2.45, 2.75) is 13.8 Å². The van der Waals surface area contributed by atoms with Gasteiger partial charge in [-0.05, 0) is 12.1 Å². The zero-order valence-corrected chi connectivity index (χ0v) is 12.0. The molecule has 0 aliphatic carbocycles. The molecule has 1 aromatic rings. The van der Waals surface area contributed by atoms with Gasteiger partial charge in [0, 0.05) is 19.0 Å². The lowest BCUT2D eigenvalue weighted by Gasteiger charge is -2.11. The number of hydrogen-bond donors (Lipinski definition) is 3. The fourth-order valence-corrected chi connectivity index (χ4v) is 1.48. The highest BCUT2D eigenvalue weighted by Crippen LogP contribution is 2.22. The highest BCUT2D eigenvalue weighted by molar-refractivity contribution is 5.90. The molecule has 3 N–H and O–H groups in total. The van der Waals surface area contributed by atoms with Crippen molar-refractivity contribution in [3.8, 4) is 5.75 Å². The van der Waals surface area contributed by atoms with Gasteiger partial charge in [0.25, 0.3) is 0 Å². The number of carbonyl (C=O) groups excluding carboxylic acids is 2. The van der Waals surface area contributed by atoms with Gasteiger partial charge >= 0.3 is 6.03 Å². The van der Waals surface area contributed by atoms with Gasteiger partial charge in [-0.2, -0.15) is 0 Å². The third-order valence-electron chi connectivity index (χ3n) is 2.59. The largest absolute Gasteiger partial charge is 0.495 e. The average molecular weight is 279 g/mol. The Labute approximate surface area is 118 Å². The van der Waals surface area contributed by atoms with Gasteiger partial charge in [-0.15, -0.1) is 0 Å². The molecule has 0 radical (unpaired) electrons. The van der Waals surface area contributed by atoms with E-state index in [0.717, 1.165) is 0 Å². The number of rotatable bonds is 6. The van der Waals surface area contributed by atoms with Crippen LogP contribution in [0, 0.1) is 5.92 Å². The molecule has 110 valence electrons. The minimum Gasteiger partial charge on any atom is -0.495 e. The SMILES string of the molecule is COc1ccccc1NC(=O)NCCNC(=O)C(C)C. The van der Waals surface area contributed by atoms with Gasteiger partial charge in [-0.3, -0.25) is 4.79 Å². The van der Waals surface area contributed by atoms with Crippen molar-refractivity contribution in [3.63, 3.8) is 0 Å². The first-order chi connectivity index (χ1) is 9.54. The first-order valence-corrected chi connectivity index (χ1v) is 6.50. The van der Waals surface area contributed by atoms with Gasteiger partial charge in [-0.1, -0.05) is 26.0 Å². The monoisotopic (exact) mass is 279 g/mol. The van der Waals surface area contributed by atoms with Gasteiger partial charge < -0.3 is 20.7 Å². The van der Waals surface area contributed by atoms with E-state index in [4.69, 9.17) is 4.74 Å². The van der Waals surface area contributed by atoms with Crippen LogP contribution in [0.2, 0.25) is 0 Å². The second-order valence-corrected chi connectivity index (χ2v) is 4.53. The molecule has 1 rings (SSSR count). The van der Waals surface area contributed by atoms with E-state index in [2.05, 4.69) is 16.0 Å². The highest BCUT2D eigenvalue weighted by Gasteiger charge is 2.07. The Morgan fingerprint density at radius 3 is 2.45 bits per heavy atom. The van der Waals surface area contributed by atoms with Crippen LogP contribution in [0.3, 0.4) is 0 Å². The van der Waals surface area contributed by atoms with Gasteiger partial charge in [0.15, 0.2) is 0 Å². The zero-order valence-electron chi connectivity index (χ0n) is 12.0. The average Bonchev–Trinajstić information content (AvgIpc) is 2.43. The molecular formula is C14H21N3O3. The Kier molecular flexibility index (Phi) is 6.36. The normalized spacial score (nSPS) is 10.0. The topological polar surface area (TPSA) is 79.5 Å². The molecule has 0 aromatic heterocycles. The molecule has 0 bridgehead atoms. The summed E-state index contributed by atoms with van der Waals surface area (Å²) in [5, 5.41) is 8.06. The maximum absolute atomic E-state index is 11.7. The van der Waals surface area contributed by atoms with Crippen molar-refractivity contribution < 1.29 is 14.3 Å². The van der Waals surface area contributed by atoms with Crippen molar-refractivity contribution in [1.29, 1.82) is 0 Å². The lowest BCUT2D eigenvalue weighted by Crippen LogP contribution is -2.38. The Morgan fingerprint density at radius 2 is 1.80 bits per heavy atom. The molecule has 0 fully saturated rings. The molecule has 0 spiro atoms. The minimum atomic E-state index is -0.340. The number of hydrogen-bond acceptors (Lipinski definition) is 3. The minimum absolute atomic E-state index is 0.0306. The van der Waals surface area contributed by atoms with Crippen LogP contribution in [-0.4, -0.2) is 32.1 Å². The van der Waals surface area contributed by atoms with Crippen LogP contribution >= 0.6 is 0 Å². The number of urea groups is 1. The number of para-hydroxylation sites is 2. The number of benzene rings is 1. The van der Waals surface area contributed by atoms with Gasteiger partial charge in [0.1, 0.15) is 5.75 Å². The van der Waals surface area contributed by atoms with Crippen molar-refractivity contribution in [2.75, 3.05) is 25.5 Å². The summed E-state index contributed by atoms with van der Waals surface area (Å²) in [6.07, 6.45) is 0. The molecule has 6 heteroatoms. The summed E-state index contributed by atoms with van der Waals surface area (Å²) >= 11 is 0. The Hall–Kier alpha value is -2.24. The lowest BCUT2D eigenvalue weighted by atomic mass is 10.2. The Morgan fingerprint density at radius 1 is 1.15 bits per heavy atom. The molecule has 6 nitrogen and oxygen atoms in total. The summed E-state index contributed by atoms with van der Waals surface area (Å²) in [7, 11) is 1.54. The summed E-state index contributed by atoms with van der Waals surface area (Å²) in [5.74, 6) is 0.505. The fraction of sp³-hybridized carbons (Fsp3) is 0.429. The number of amides is 3. The van der Waals surface area contributed by atoms with E-state index in [1.165, 1.54) is 0 Å². The third-order valence-corrected chi connectivity index (χ3v) is 2.59. The summed E-state index contributed by atoms with van der Waals surface area (Å²) in [6, 6.07) is 6.80. The number of nitrogens with one attached hydrogen (secondary N) is 3. The van der Waals surface area contributed by atoms with Crippen LogP contribution in [0.15, 0.2) is 24.3 Å². The van der Waals surface area contributed by atoms with Gasteiger partial charge in [-0.25, -0.2) is 4.79 Å². The van der Waals surface area contributed by atoms with Crippen LogP contribution in [0.5, 0.6) is 5.75 Å². The number of methoxy groups -OCH3 is 1. The summed E-state index contributed by atoms with van der Waals surface area (Å²) < 4.78 is 5.13. The quantitative estimate of drug-likeness (QED) is 0.692. The molecule has 3 amide bonds. The number of anilines is 1. The van der Waals surface area contributed by atoms with Crippen LogP contribution in [-0.2, 0) is 4.79 Å². The van der Waals surface area contributed by atoms with E-state index in [1.807, 2.05) is 19.9 Å². The van der Waals surface area contributed by atoms with Crippen LogP contribution in [0.1, 0.15) is 13.8 Å². The number of ether oxygens (including phenoxy) is 1. The maximum Gasteiger partial charge on any atom is 0.319 e. The second-order valence-electron chi connectivity index (χ2n) is 4.53. The van der Waals surface area contributed by atoms with Gasteiger partial charge in [0.05, 0.1) is 12.8 Å². The summed E-state index contributed by atoms with van der Waals surface area (Å²) in [6.45, 7) is 4.39. The van der Waals surface area contributed by atoms with E-state index in [0.29, 0.717) is 24.5 Å². The van der Waals surface area contributed by atoms with E-state index in [9.17, 15) is 9.59 Å². The van der Waals surface area contributed by atoms with Crippen LogP contribution in [0.25, 0.3) is 0 Å². The molecule has 0 atom stereocenters. The first kappa shape index (κ1) is 15.8.